The molecule has 0 amide bonds. The van der Waals surface area contributed by atoms with E-state index in [1.807, 2.05) is 19.1 Å². The van der Waals surface area contributed by atoms with E-state index in [0.29, 0.717) is 37.7 Å². The predicted octanol–water partition coefficient (Wildman–Crippen LogP) is 2.84. The molecule has 0 spiro atoms. The minimum atomic E-state index is -3.66. The van der Waals surface area contributed by atoms with Gasteiger partial charge in [0.2, 0.25) is 10.0 Å². The lowest BCUT2D eigenvalue weighted by Crippen LogP contribution is -2.40. The first-order valence-corrected chi connectivity index (χ1v) is 10.1. The number of sulfonamides is 1. The van der Waals surface area contributed by atoms with Gasteiger partial charge in [0.15, 0.2) is 0 Å². The molecule has 1 aliphatic rings. The van der Waals surface area contributed by atoms with Crippen molar-refractivity contribution in [2.24, 2.45) is 4.99 Å². The maximum Gasteiger partial charge on any atom is 0.245 e. The second-order valence-corrected chi connectivity index (χ2v) is 8.78. The third kappa shape index (κ3) is 4.09. The van der Waals surface area contributed by atoms with E-state index >= 15 is 0 Å². The van der Waals surface area contributed by atoms with E-state index in [1.165, 1.54) is 22.4 Å². The lowest BCUT2D eigenvalue weighted by atomic mass is 10.3. The summed E-state index contributed by atoms with van der Waals surface area (Å²) < 4.78 is 38.0. The Bertz CT molecular complexity index is 869. The van der Waals surface area contributed by atoms with E-state index in [1.54, 1.807) is 29.7 Å². The minimum absolute atomic E-state index is 0.151. The Labute approximate surface area is 151 Å². The number of methoxy groups -OCH3 is 1. The maximum absolute atomic E-state index is 13.0. The Kier molecular flexibility index (Phi) is 5.53. The second kappa shape index (κ2) is 7.65. The van der Waals surface area contributed by atoms with Crippen LogP contribution in [-0.2, 0) is 14.8 Å². The molecule has 1 aromatic heterocycles. The minimum Gasteiger partial charge on any atom is -0.497 e. The summed E-state index contributed by atoms with van der Waals surface area (Å²) in [5, 5.41) is 0. The molecule has 25 heavy (non-hydrogen) atoms. The van der Waals surface area contributed by atoms with Gasteiger partial charge in [0.25, 0.3) is 0 Å². The fraction of sp³-hybridized carbons (Fsp3) is 0.353. The molecule has 6 nitrogen and oxygen atoms in total. The van der Waals surface area contributed by atoms with Crippen LogP contribution in [0, 0.1) is 6.92 Å². The summed E-state index contributed by atoms with van der Waals surface area (Å²) in [4.78, 5) is 6.72. The number of rotatable bonds is 5. The Hall–Kier alpha value is -1.74. The summed E-state index contributed by atoms with van der Waals surface area (Å²) in [6, 6.07) is 8.87. The van der Waals surface area contributed by atoms with Crippen LogP contribution in [0.5, 0.6) is 5.75 Å². The number of nitrogens with zero attached hydrogens (tertiary/aromatic N) is 2. The first-order chi connectivity index (χ1) is 12.0. The summed E-state index contributed by atoms with van der Waals surface area (Å²) in [7, 11) is -2.15. The number of thiophene rings is 1. The molecule has 2 aromatic rings. The highest BCUT2D eigenvalue weighted by Crippen LogP contribution is 2.31. The van der Waals surface area contributed by atoms with Gasteiger partial charge in [-0.15, -0.1) is 11.3 Å². The van der Waals surface area contributed by atoms with Gasteiger partial charge in [-0.25, -0.2) is 8.42 Å². The van der Waals surface area contributed by atoms with Crippen LogP contribution in [0.4, 0.5) is 5.69 Å². The first-order valence-electron chi connectivity index (χ1n) is 7.87. The van der Waals surface area contributed by atoms with E-state index < -0.39 is 10.0 Å². The van der Waals surface area contributed by atoms with E-state index in [4.69, 9.17) is 9.47 Å². The highest BCUT2D eigenvalue weighted by atomic mass is 32.2. The Morgan fingerprint density at radius 3 is 2.64 bits per heavy atom. The molecule has 0 unspecified atom stereocenters. The zero-order valence-corrected chi connectivity index (χ0v) is 15.8. The third-order valence-corrected chi connectivity index (χ3v) is 6.71. The summed E-state index contributed by atoms with van der Waals surface area (Å²) in [6.45, 7) is 3.50. The van der Waals surface area contributed by atoms with Crippen molar-refractivity contribution in [2.75, 3.05) is 33.4 Å². The molecule has 1 fully saturated rings. The second-order valence-electron chi connectivity index (χ2n) is 5.56. The number of hydrogen-bond donors (Lipinski definition) is 0. The molecular formula is C17H20N2O4S2. The molecule has 1 aliphatic heterocycles. The van der Waals surface area contributed by atoms with E-state index in [0.717, 1.165) is 4.88 Å². The quantitative estimate of drug-likeness (QED) is 0.748. The number of aryl methyl sites for hydroxylation is 1. The van der Waals surface area contributed by atoms with Crippen LogP contribution in [0.1, 0.15) is 9.75 Å². The SMILES string of the molecule is COc1ccc(N=Cc2ccc(C)s2)c(S(=O)(=O)N2CCOCC2)c1. The summed E-state index contributed by atoms with van der Waals surface area (Å²) in [6.07, 6.45) is 1.69. The molecule has 0 bridgehead atoms. The van der Waals surface area contributed by atoms with Crippen LogP contribution in [-0.4, -0.2) is 52.4 Å². The van der Waals surface area contributed by atoms with E-state index in [-0.39, 0.29) is 4.90 Å². The zero-order valence-electron chi connectivity index (χ0n) is 14.1. The molecule has 8 heteroatoms. The maximum atomic E-state index is 13.0. The molecule has 0 aliphatic carbocycles. The average Bonchev–Trinajstić information content (AvgIpc) is 3.06. The highest BCUT2D eigenvalue weighted by Gasteiger charge is 2.29. The van der Waals surface area contributed by atoms with Crippen LogP contribution in [0.25, 0.3) is 0 Å². The summed E-state index contributed by atoms with van der Waals surface area (Å²) in [5.74, 6) is 0.484. The van der Waals surface area contributed by atoms with Crippen LogP contribution in [0.3, 0.4) is 0 Å². The fourth-order valence-corrected chi connectivity index (χ4v) is 4.82. The van der Waals surface area contributed by atoms with E-state index in [9.17, 15) is 8.42 Å². The molecule has 2 heterocycles. The third-order valence-electron chi connectivity index (χ3n) is 3.85. The van der Waals surface area contributed by atoms with Crippen LogP contribution < -0.4 is 4.74 Å². The van der Waals surface area contributed by atoms with Crippen molar-refractivity contribution in [3.63, 3.8) is 0 Å². The van der Waals surface area contributed by atoms with Gasteiger partial charge in [-0.1, -0.05) is 0 Å². The van der Waals surface area contributed by atoms with Gasteiger partial charge >= 0.3 is 0 Å². The smallest absolute Gasteiger partial charge is 0.245 e. The van der Waals surface area contributed by atoms with Gasteiger partial charge in [0.1, 0.15) is 10.6 Å². The topological polar surface area (TPSA) is 68.2 Å². The number of morpholine rings is 1. The molecule has 0 radical (unpaired) electrons. The standard InChI is InChI=1S/C17H20N2O4S2/c1-13-3-5-15(24-13)12-18-16-6-4-14(22-2)11-17(16)25(20,21)19-7-9-23-10-8-19/h3-6,11-12H,7-10H2,1-2H3. The number of hydrogen-bond acceptors (Lipinski definition) is 6. The Morgan fingerprint density at radius 2 is 2.00 bits per heavy atom. The van der Waals surface area contributed by atoms with Crippen molar-refractivity contribution in [1.82, 2.24) is 4.31 Å². The molecular weight excluding hydrogens is 360 g/mol. The molecule has 1 saturated heterocycles. The highest BCUT2D eigenvalue weighted by molar-refractivity contribution is 7.89. The normalized spacial score (nSPS) is 16.4. The van der Waals surface area contributed by atoms with Crippen molar-refractivity contribution in [1.29, 1.82) is 0 Å². The summed E-state index contributed by atoms with van der Waals surface area (Å²) >= 11 is 1.61. The van der Waals surface area contributed by atoms with Gasteiger partial charge < -0.3 is 9.47 Å². The number of ether oxygens (including phenoxy) is 2. The van der Waals surface area contributed by atoms with Gasteiger partial charge in [0.05, 0.1) is 26.0 Å². The van der Waals surface area contributed by atoms with Gasteiger partial charge in [0, 0.05) is 35.1 Å². The monoisotopic (exact) mass is 380 g/mol. The zero-order chi connectivity index (χ0) is 17.9. The first kappa shape index (κ1) is 18.1. The summed E-state index contributed by atoms with van der Waals surface area (Å²) in [5.41, 5.74) is 0.401. The molecule has 0 N–H and O–H groups in total. The molecule has 0 atom stereocenters. The van der Waals surface area contributed by atoms with Crippen molar-refractivity contribution < 1.29 is 17.9 Å². The van der Waals surface area contributed by atoms with Gasteiger partial charge in [-0.3, -0.25) is 4.99 Å². The van der Waals surface area contributed by atoms with Crippen molar-refractivity contribution in [2.45, 2.75) is 11.8 Å². The molecule has 3 rings (SSSR count). The molecule has 0 saturated carbocycles. The van der Waals surface area contributed by atoms with Gasteiger partial charge in [-0.05, 0) is 31.2 Å². The van der Waals surface area contributed by atoms with Crippen molar-refractivity contribution in [3.05, 3.63) is 40.1 Å². The Balaban J connectivity index is 1.99. The van der Waals surface area contributed by atoms with E-state index in [2.05, 4.69) is 4.99 Å². The predicted molar refractivity (Wildman–Crippen MR) is 98.9 cm³/mol. The van der Waals surface area contributed by atoms with Crippen LogP contribution in [0.2, 0.25) is 0 Å². The molecule has 134 valence electrons. The largest absolute Gasteiger partial charge is 0.497 e. The Morgan fingerprint density at radius 1 is 1.24 bits per heavy atom. The van der Waals surface area contributed by atoms with Gasteiger partial charge in [-0.2, -0.15) is 4.31 Å². The van der Waals surface area contributed by atoms with Crippen molar-refractivity contribution in [3.8, 4) is 5.75 Å². The lowest BCUT2D eigenvalue weighted by molar-refractivity contribution is 0.0730. The van der Waals surface area contributed by atoms with Crippen molar-refractivity contribution >= 4 is 33.3 Å². The number of aliphatic imine (C=N–C) groups is 1. The fourth-order valence-electron chi connectivity index (χ4n) is 2.52. The lowest BCUT2D eigenvalue weighted by Gasteiger charge is -2.26. The average molecular weight is 380 g/mol. The van der Waals surface area contributed by atoms with Crippen LogP contribution in [0.15, 0.2) is 40.2 Å². The van der Waals surface area contributed by atoms with Crippen LogP contribution >= 0.6 is 11.3 Å². The number of benzene rings is 1. The molecule has 1 aromatic carbocycles.